The van der Waals surface area contributed by atoms with Crippen LogP contribution in [0.4, 0.5) is 11.8 Å². The fourth-order valence-corrected chi connectivity index (χ4v) is 7.68. The molecule has 2 heterocycles. The number of aliphatic hydroxyl groups is 1. The van der Waals surface area contributed by atoms with Gasteiger partial charge in [-0.05, 0) is 66.9 Å². The average Bonchev–Trinajstić information content (AvgIpc) is 2.80. The highest BCUT2D eigenvalue weighted by Gasteiger charge is 2.57. The first kappa shape index (κ1) is 22.1. The van der Waals surface area contributed by atoms with Crippen LogP contribution in [0.1, 0.15) is 43.2 Å². The maximum absolute atomic E-state index is 9.82. The number of halogens is 1. The van der Waals surface area contributed by atoms with E-state index in [0.29, 0.717) is 34.9 Å². The molecule has 3 N–H and O–H groups in total. The number of aromatic nitrogens is 2. The number of hydrogen-bond acceptors (Lipinski definition) is 7. The highest BCUT2D eigenvalue weighted by atomic mass is 35.5. The molecule has 1 aliphatic heterocycles. The Bertz CT molecular complexity index is 1100. The highest BCUT2D eigenvalue weighted by Crippen LogP contribution is 2.61. The standard InChI is InChI=1S/C26H31ClN6O/c27-22-4-2-1-3-17(22)11-29-25-30-12-20(10-28)24(32-25)31-15-26-7-16-5-18(8-26)23(19(6-16)9-26)33-13-21(34)14-33/h1-4,12,16,18-19,21,23,34H,5-9,11,13-15H2,(H2,29,30,31,32)/t16?,18-,19+,23-,26-. The number of rotatable bonds is 7. The number of anilines is 2. The van der Waals surface area contributed by atoms with Crippen LogP contribution in [0.15, 0.2) is 30.5 Å². The zero-order valence-electron chi connectivity index (χ0n) is 19.3. The zero-order chi connectivity index (χ0) is 23.3. The van der Waals surface area contributed by atoms with E-state index in [4.69, 9.17) is 11.6 Å². The van der Waals surface area contributed by atoms with Crippen LogP contribution in [0.25, 0.3) is 0 Å². The minimum atomic E-state index is -0.129. The van der Waals surface area contributed by atoms with Gasteiger partial charge in [-0.2, -0.15) is 10.2 Å². The van der Waals surface area contributed by atoms with Crippen LogP contribution in [0.3, 0.4) is 0 Å². The molecule has 4 saturated carbocycles. The van der Waals surface area contributed by atoms with Crippen molar-refractivity contribution >= 4 is 23.4 Å². The van der Waals surface area contributed by atoms with E-state index < -0.39 is 0 Å². The SMILES string of the molecule is N#Cc1cnc(NCc2ccccc2Cl)nc1NC[C@]12CC3C[C@H](C1)[C@@H](N1CC(O)C1)[C@@H](C3)C2. The van der Waals surface area contributed by atoms with E-state index in [9.17, 15) is 10.4 Å². The fourth-order valence-electron chi connectivity index (χ4n) is 7.48. The molecule has 8 heteroatoms. The Balaban J connectivity index is 1.14. The third-order valence-corrected chi connectivity index (χ3v) is 8.97. The minimum Gasteiger partial charge on any atom is -0.390 e. The van der Waals surface area contributed by atoms with Crippen LogP contribution in [0.2, 0.25) is 5.02 Å². The summed E-state index contributed by atoms with van der Waals surface area (Å²) in [5, 5.41) is 27.0. The van der Waals surface area contributed by atoms with Crippen molar-refractivity contribution in [3.05, 3.63) is 46.6 Å². The quantitative estimate of drug-likeness (QED) is 0.555. The van der Waals surface area contributed by atoms with E-state index in [-0.39, 0.29) is 11.5 Å². The van der Waals surface area contributed by atoms with Crippen LogP contribution < -0.4 is 10.6 Å². The van der Waals surface area contributed by atoms with Crippen LogP contribution >= 0.6 is 11.6 Å². The Morgan fingerprint density at radius 1 is 1.15 bits per heavy atom. The van der Waals surface area contributed by atoms with Crippen molar-refractivity contribution < 1.29 is 5.11 Å². The Morgan fingerprint density at radius 3 is 2.62 bits per heavy atom. The molecule has 5 fully saturated rings. The second-order valence-electron chi connectivity index (χ2n) is 10.9. The lowest BCUT2D eigenvalue weighted by Gasteiger charge is -2.63. The maximum Gasteiger partial charge on any atom is 0.224 e. The Kier molecular flexibility index (Phi) is 5.63. The van der Waals surface area contributed by atoms with E-state index >= 15 is 0 Å². The molecule has 0 amide bonds. The summed E-state index contributed by atoms with van der Waals surface area (Å²) in [6, 6.07) is 10.6. The molecule has 7 nitrogen and oxygen atoms in total. The van der Waals surface area contributed by atoms with Gasteiger partial charge in [0.2, 0.25) is 5.95 Å². The van der Waals surface area contributed by atoms with Gasteiger partial charge in [-0.3, -0.25) is 4.90 Å². The molecule has 1 saturated heterocycles. The number of benzene rings is 1. The maximum atomic E-state index is 9.82. The molecule has 2 aromatic rings. The van der Waals surface area contributed by atoms with E-state index in [0.717, 1.165) is 43.0 Å². The summed E-state index contributed by atoms with van der Waals surface area (Å²) in [6.45, 7) is 3.07. The zero-order valence-corrected chi connectivity index (χ0v) is 20.0. The number of β-amino-alcohol motifs (C(OH)–C–C–N with tert-alkyl or cyclic N) is 1. The lowest BCUT2D eigenvalue weighted by molar-refractivity contribution is -0.143. The summed E-state index contributed by atoms with van der Waals surface area (Å²) >= 11 is 6.27. The Labute approximate surface area is 205 Å². The molecule has 1 unspecified atom stereocenters. The van der Waals surface area contributed by atoms with Gasteiger partial charge in [-0.25, -0.2) is 4.98 Å². The molecule has 1 aromatic heterocycles. The van der Waals surface area contributed by atoms with E-state index in [2.05, 4.69) is 31.6 Å². The molecule has 5 aliphatic rings. The van der Waals surface area contributed by atoms with Gasteiger partial charge in [0.05, 0.1) is 12.3 Å². The number of hydrogen-bond donors (Lipinski definition) is 3. The third-order valence-electron chi connectivity index (χ3n) is 8.60. The summed E-state index contributed by atoms with van der Waals surface area (Å²) in [6.07, 6.45) is 7.87. The average molecular weight is 479 g/mol. The highest BCUT2D eigenvalue weighted by molar-refractivity contribution is 6.31. The summed E-state index contributed by atoms with van der Waals surface area (Å²) in [4.78, 5) is 11.5. The largest absolute Gasteiger partial charge is 0.390 e. The second kappa shape index (κ2) is 8.67. The van der Waals surface area contributed by atoms with Crippen molar-refractivity contribution in [2.75, 3.05) is 30.3 Å². The number of nitrogens with zero attached hydrogens (tertiary/aromatic N) is 4. The smallest absolute Gasteiger partial charge is 0.224 e. The first-order valence-electron chi connectivity index (χ1n) is 12.4. The van der Waals surface area contributed by atoms with E-state index in [1.54, 1.807) is 6.20 Å². The number of nitrogens with one attached hydrogen (secondary N) is 2. The molecule has 0 spiro atoms. The van der Waals surface area contributed by atoms with Crippen molar-refractivity contribution in [1.82, 2.24) is 14.9 Å². The van der Waals surface area contributed by atoms with Crippen LogP contribution in [-0.4, -0.2) is 51.8 Å². The molecule has 1 aromatic carbocycles. The molecule has 0 radical (unpaired) electrons. The second-order valence-corrected chi connectivity index (χ2v) is 11.3. The molecule has 4 aliphatic carbocycles. The fraction of sp³-hybridized carbons (Fsp3) is 0.577. The van der Waals surface area contributed by atoms with E-state index in [1.807, 2.05) is 24.3 Å². The Hall–Kier alpha value is -2.40. The van der Waals surface area contributed by atoms with Gasteiger partial charge in [-0.15, -0.1) is 0 Å². The number of nitriles is 1. The van der Waals surface area contributed by atoms with Crippen molar-refractivity contribution in [3.8, 4) is 6.07 Å². The molecule has 178 valence electrons. The third kappa shape index (κ3) is 4.02. The van der Waals surface area contributed by atoms with Crippen LogP contribution in [-0.2, 0) is 6.54 Å². The molecule has 7 rings (SSSR count). The van der Waals surface area contributed by atoms with Gasteiger partial charge in [0.1, 0.15) is 17.5 Å². The molecule has 34 heavy (non-hydrogen) atoms. The van der Waals surface area contributed by atoms with Gasteiger partial charge in [0.25, 0.3) is 0 Å². The molecular weight excluding hydrogens is 448 g/mol. The Morgan fingerprint density at radius 2 is 1.91 bits per heavy atom. The van der Waals surface area contributed by atoms with Gasteiger partial charge >= 0.3 is 0 Å². The first-order chi connectivity index (χ1) is 16.5. The van der Waals surface area contributed by atoms with E-state index in [1.165, 1.54) is 32.1 Å². The predicted octanol–water partition coefficient (Wildman–Crippen LogP) is 3.90. The summed E-state index contributed by atoms with van der Waals surface area (Å²) in [5.41, 5.74) is 1.73. The number of likely N-dealkylation sites (tertiary alicyclic amines) is 1. The molecule has 5 atom stereocenters. The molecular formula is C26H31ClN6O. The molecule has 4 bridgehead atoms. The predicted molar refractivity (Wildman–Crippen MR) is 131 cm³/mol. The lowest BCUT2D eigenvalue weighted by Crippen LogP contribution is -2.66. The summed E-state index contributed by atoms with van der Waals surface area (Å²) in [5.74, 6) is 3.37. The van der Waals surface area contributed by atoms with Crippen LogP contribution in [0.5, 0.6) is 0 Å². The van der Waals surface area contributed by atoms with Gasteiger partial charge < -0.3 is 15.7 Å². The van der Waals surface area contributed by atoms with Crippen molar-refractivity contribution in [1.29, 1.82) is 5.26 Å². The topological polar surface area (TPSA) is 97.1 Å². The van der Waals surface area contributed by atoms with Crippen molar-refractivity contribution in [2.24, 2.45) is 23.2 Å². The van der Waals surface area contributed by atoms with Crippen molar-refractivity contribution in [3.63, 3.8) is 0 Å². The summed E-state index contributed by atoms with van der Waals surface area (Å²) in [7, 11) is 0. The van der Waals surface area contributed by atoms with Crippen LogP contribution in [0, 0.1) is 34.5 Å². The van der Waals surface area contributed by atoms with Gasteiger partial charge in [0.15, 0.2) is 0 Å². The normalized spacial score (nSPS) is 32.3. The first-order valence-corrected chi connectivity index (χ1v) is 12.8. The minimum absolute atomic E-state index is 0.129. The monoisotopic (exact) mass is 478 g/mol. The van der Waals surface area contributed by atoms with Crippen molar-refractivity contribution in [2.45, 2.75) is 50.8 Å². The number of aliphatic hydroxyl groups excluding tert-OH is 1. The van der Waals surface area contributed by atoms with Gasteiger partial charge in [-0.1, -0.05) is 29.8 Å². The summed E-state index contributed by atoms with van der Waals surface area (Å²) < 4.78 is 0. The lowest BCUT2D eigenvalue weighted by atomic mass is 9.47. The van der Waals surface area contributed by atoms with Gasteiger partial charge in [0, 0.05) is 37.2 Å².